The van der Waals surface area contributed by atoms with Crippen LogP contribution in [0.25, 0.3) is 0 Å². The Balaban J connectivity index is 1.98. The Labute approximate surface area is 119 Å². The van der Waals surface area contributed by atoms with E-state index < -0.39 is 5.82 Å². The van der Waals surface area contributed by atoms with Crippen LogP contribution in [0.5, 0.6) is 0 Å². The van der Waals surface area contributed by atoms with Crippen molar-refractivity contribution in [3.8, 4) is 0 Å². The van der Waals surface area contributed by atoms with E-state index in [9.17, 15) is 9.18 Å². The van der Waals surface area contributed by atoms with Gasteiger partial charge in [0.1, 0.15) is 5.82 Å². The summed E-state index contributed by atoms with van der Waals surface area (Å²) in [5.74, 6) is -0.779. The molecule has 0 atom stereocenters. The molecule has 1 amide bonds. The van der Waals surface area contributed by atoms with E-state index in [2.05, 4.69) is 15.9 Å². The lowest BCUT2D eigenvalue weighted by atomic mass is 10.1. The Kier molecular flexibility index (Phi) is 3.11. The van der Waals surface area contributed by atoms with Gasteiger partial charge < -0.3 is 4.90 Å². The quantitative estimate of drug-likeness (QED) is 0.783. The van der Waals surface area contributed by atoms with Gasteiger partial charge in [-0.3, -0.25) is 4.79 Å². The minimum absolute atomic E-state index is 0.111. The second-order valence-corrected chi connectivity index (χ2v) is 5.38. The van der Waals surface area contributed by atoms with Crippen molar-refractivity contribution in [2.45, 2.75) is 6.42 Å². The van der Waals surface area contributed by atoms with Crippen molar-refractivity contribution >= 4 is 27.5 Å². The molecule has 0 saturated heterocycles. The van der Waals surface area contributed by atoms with Crippen LogP contribution in [-0.2, 0) is 6.42 Å². The second kappa shape index (κ2) is 4.78. The first kappa shape index (κ1) is 12.4. The van der Waals surface area contributed by atoms with E-state index >= 15 is 0 Å². The Morgan fingerprint density at radius 2 is 2.00 bits per heavy atom. The summed E-state index contributed by atoms with van der Waals surface area (Å²) < 4.78 is 14.5. The third kappa shape index (κ3) is 2.16. The molecule has 0 unspecified atom stereocenters. The number of fused-ring (bicyclic) bond motifs is 1. The van der Waals surface area contributed by atoms with Crippen LogP contribution in [0.1, 0.15) is 15.9 Å². The molecule has 0 fully saturated rings. The molecule has 1 aliphatic rings. The van der Waals surface area contributed by atoms with Gasteiger partial charge in [-0.15, -0.1) is 0 Å². The van der Waals surface area contributed by atoms with E-state index in [1.165, 1.54) is 12.1 Å². The van der Waals surface area contributed by atoms with Crippen LogP contribution in [0, 0.1) is 5.82 Å². The van der Waals surface area contributed by atoms with Gasteiger partial charge in [0.05, 0.1) is 5.56 Å². The standard InChI is InChI=1S/C15H11BrFNO/c16-11-5-6-12(13(17)9-11)15(19)18-8-7-10-3-1-2-4-14(10)18/h1-6,9H,7-8H2. The molecule has 0 bridgehead atoms. The predicted octanol–water partition coefficient (Wildman–Crippen LogP) is 3.79. The summed E-state index contributed by atoms with van der Waals surface area (Å²) in [5.41, 5.74) is 2.13. The van der Waals surface area contributed by atoms with Crippen LogP contribution in [0.3, 0.4) is 0 Å². The number of hydrogen-bond donors (Lipinski definition) is 0. The van der Waals surface area contributed by atoms with Crippen LogP contribution in [0.15, 0.2) is 46.9 Å². The Morgan fingerprint density at radius 1 is 1.21 bits per heavy atom. The summed E-state index contributed by atoms with van der Waals surface area (Å²) >= 11 is 3.19. The van der Waals surface area contributed by atoms with Gasteiger partial charge in [-0.1, -0.05) is 34.1 Å². The molecule has 0 saturated carbocycles. The number of para-hydroxylation sites is 1. The molecular formula is C15H11BrFNO. The van der Waals surface area contributed by atoms with Gasteiger partial charge in [0.2, 0.25) is 0 Å². The van der Waals surface area contributed by atoms with Gasteiger partial charge in [0.15, 0.2) is 0 Å². The minimum Gasteiger partial charge on any atom is -0.308 e. The van der Waals surface area contributed by atoms with Crippen molar-refractivity contribution < 1.29 is 9.18 Å². The molecular weight excluding hydrogens is 309 g/mol. The number of amides is 1. The van der Waals surface area contributed by atoms with Crippen LogP contribution >= 0.6 is 15.9 Å². The Morgan fingerprint density at radius 3 is 2.79 bits per heavy atom. The van der Waals surface area contributed by atoms with Gasteiger partial charge in [0.25, 0.3) is 5.91 Å². The molecule has 0 N–H and O–H groups in total. The normalized spacial score (nSPS) is 13.5. The minimum atomic E-state index is -0.497. The van der Waals surface area contributed by atoms with E-state index in [0.717, 1.165) is 17.7 Å². The summed E-state index contributed by atoms with van der Waals surface area (Å²) in [6.45, 7) is 0.605. The van der Waals surface area contributed by atoms with E-state index in [0.29, 0.717) is 11.0 Å². The first-order chi connectivity index (χ1) is 9.16. The van der Waals surface area contributed by atoms with Crippen LogP contribution in [-0.4, -0.2) is 12.5 Å². The van der Waals surface area contributed by atoms with Crippen molar-refractivity contribution in [3.05, 3.63) is 63.9 Å². The molecule has 4 heteroatoms. The van der Waals surface area contributed by atoms with E-state index in [1.54, 1.807) is 11.0 Å². The predicted molar refractivity (Wildman–Crippen MR) is 75.9 cm³/mol. The molecule has 0 aliphatic carbocycles. The Hall–Kier alpha value is -1.68. The van der Waals surface area contributed by atoms with Gasteiger partial charge in [-0.25, -0.2) is 4.39 Å². The molecule has 2 aromatic rings. The van der Waals surface area contributed by atoms with Crippen LogP contribution in [0.2, 0.25) is 0 Å². The molecule has 96 valence electrons. The first-order valence-corrected chi connectivity index (χ1v) is 6.81. The van der Waals surface area contributed by atoms with Gasteiger partial charge in [-0.2, -0.15) is 0 Å². The number of benzene rings is 2. The maximum atomic E-state index is 13.9. The number of carbonyl (C=O) groups is 1. The number of carbonyl (C=O) groups excluding carboxylic acids is 1. The highest BCUT2D eigenvalue weighted by atomic mass is 79.9. The van der Waals surface area contributed by atoms with Crippen molar-refractivity contribution in [3.63, 3.8) is 0 Å². The third-order valence-corrected chi connectivity index (χ3v) is 3.79. The summed E-state index contributed by atoms with van der Waals surface area (Å²) in [6, 6.07) is 12.3. The van der Waals surface area contributed by atoms with E-state index in [1.807, 2.05) is 24.3 Å². The molecule has 1 heterocycles. The van der Waals surface area contributed by atoms with Crippen LogP contribution < -0.4 is 4.90 Å². The molecule has 0 spiro atoms. The first-order valence-electron chi connectivity index (χ1n) is 6.01. The van der Waals surface area contributed by atoms with Crippen molar-refractivity contribution in [2.24, 2.45) is 0 Å². The number of halogens is 2. The van der Waals surface area contributed by atoms with Gasteiger partial charge in [0, 0.05) is 16.7 Å². The maximum Gasteiger partial charge on any atom is 0.261 e. The second-order valence-electron chi connectivity index (χ2n) is 4.46. The fourth-order valence-electron chi connectivity index (χ4n) is 2.36. The van der Waals surface area contributed by atoms with Crippen molar-refractivity contribution in [1.82, 2.24) is 0 Å². The lowest BCUT2D eigenvalue weighted by Gasteiger charge is -2.17. The average molecular weight is 320 g/mol. The molecule has 2 aromatic carbocycles. The zero-order chi connectivity index (χ0) is 13.4. The summed E-state index contributed by atoms with van der Waals surface area (Å²) in [5, 5.41) is 0. The molecule has 1 aliphatic heterocycles. The lowest BCUT2D eigenvalue weighted by molar-refractivity contribution is 0.0985. The van der Waals surface area contributed by atoms with Gasteiger partial charge in [-0.05, 0) is 36.2 Å². The molecule has 3 rings (SSSR count). The van der Waals surface area contributed by atoms with E-state index in [4.69, 9.17) is 0 Å². The lowest BCUT2D eigenvalue weighted by Crippen LogP contribution is -2.29. The fourth-order valence-corrected chi connectivity index (χ4v) is 2.69. The highest BCUT2D eigenvalue weighted by Crippen LogP contribution is 2.29. The highest BCUT2D eigenvalue weighted by molar-refractivity contribution is 9.10. The number of hydrogen-bond acceptors (Lipinski definition) is 1. The Bertz CT molecular complexity index is 656. The fraction of sp³-hybridized carbons (Fsp3) is 0.133. The molecule has 2 nitrogen and oxygen atoms in total. The maximum absolute atomic E-state index is 13.9. The zero-order valence-electron chi connectivity index (χ0n) is 10.1. The smallest absolute Gasteiger partial charge is 0.261 e. The van der Waals surface area contributed by atoms with Crippen molar-refractivity contribution in [2.75, 3.05) is 11.4 Å². The molecule has 0 radical (unpaired) electrons. The summed E-state index contributed by atoms with van der Waals surface area (Å²) in [4.78, 5) is 14.1. The largest absolute Gasteiger partial charge is 0.308 e. The molecule has 19 heavy (non-hydrogen) atoms. The summed E-state index contributed by atoms with van der Waals surface area (Å²) in [6.07, 6.45) is 0.820. The summed E-state index contributed by atoms with van der Waals surface area (Å²) in [7, 11) is 0. The van der Waals surface area contributed by atoms with Gasteiger partial charge >= 0.3 is 0 Å². The van der Waals surface area contributed by atoms with Crippen molar-refractivity contribution in [1.29, 1.82) is 0 Å². The number of anilines is 1. The zero-order valence-corrected chi connectivity index (χ0v) is 11.7. The third-order valence-electron chi connectivity index (χ3n) is 3.29. The van der Waals surface area contributed by atoms with E-state index in [-0.39, 0.29) is 11.5 Å². The monoisotopic (exact) mass is 319 g/mol. The number of rotatable bonds is 1. The average Bonchev–Trinajstić information content (AvgIpc) is 2.82. The highest BCUT2D eigenvalue weighted by Gasteiger charge is 2.26. The SMILES string of the molecule is O=C(c1ccc(Br)cc1F)N1CCc2ccccc21. The number of nitrogens with zero attached hydrogens (tertiary/aromatic N) is 1. The topological polar surface area (TPSA) is 20.3 Å². The molecule has 0 aromatic heterocycles. The van der Waals surface area contributed by atoms with Crippen LogP contribution in [0.4, 0.5) is 10.1 Å².